The molecular weight excluding hydrogens is 380 g/mol. The molecule has 7 heteroatoms. The summed E-state index contributed by atoms with van der Waals surface area (Å²) in [5.41, 5.74) is 2.74. The van der Waals surface area contributed by atoms with Crippen molar-refractivity contribution in [1.29, 1.82) is 0 Å². The Kier molecular flexibility index (Phi) is 5.61. The minimum atomic E-state index is -0.0735. The number of fused-ring (bicyclic) bond motifs is 1. The predicted molar refractivity (Wildman–Crippen MR) is 116 cm³/mol. The number of hydrogen-bond donors (Lipinski definition) is 1. The summed E-state index contributed by atoms with van der Waals surface area (Å²) in [6, 6.07) is 7.75. The van der Waals surface area contributed by atoms with Gasteiger partial charge in [-0.15, -0.1) is 0 Å². The molecule has 0 saturated carbocycles. The number of piperidine rings is 1. The number of hydrogen-bond acceptors (Lipinski definition) is 6. The molecule has 3 heterocycles. The maximum absolute atomic E-state index is 12.9. The van der Waals surface area contributed by atoms with Gasteiger partial charge in [0.25, 0.3) is 0 Å². The molecule has 1 N–H and O–H groups in total. The van der Waals surface area contributed by atoms with Crippen LogP contribution in [0.3, 0.4) is 0 Å². The molecule has 4 rings (SSSR count). The highest BCUT2D eigenvalue weighted by Crippen LogP contribution is 2.33. The lowest BCUT2D eigenvalue weighted by atomic mass is 9.96. The molecule has 2 aromatic heterocycles. The number of ether oxygens (including phenoxy) is 1. The van der Waals surface area contributed by atoms with Gasteiger partial charge in [-0.1, -0.05) is 12.1 Å². The zero-order valence-electron chi connectivity index (χ0n) is 18.0. The first-order valence-corrected chi connectivity index (χ1v) is 10.4. The van der Waals surface area contributed by atoms with Crippen molar-refractivity contribution < 1.29 is 13.9 Å². The van der Waals surface area contributed by atoms with Gasteiger partial charge in [-0.2, -0.15) is 4.98 Å². The van der Waals surface area contributed by atoms with E-state index in [1.165, 1.54) is 0 Å². The second-order valence-electron chi connectivity index (χ2n) is 7.91. The molecular formula is C23H28N4O3. The number of carbonyl (C=O) groups is 1. The molecule has 7 nitrogen and oxygen atoms in total. The summed E-state index contributed by atoms with van der Waals surface area (Å²) >= 11 is 0. The Labute approximate surface area is 176 Å². The third-order valence-corrected chi connectivity index (χ3v) is 5.84. The molecule has 0 radical (unpaired) electrons. The summed E-state index contributed by atoms with van der Waals surface area (Å²) in [6.07, 6.45) is 1.82. The van der Waals surface area contributed by atoms with Gasteiger partial charge in [-0.3, -0.25) is 4.79 Å². The predicted octanol–water partition coefficient (Wildman–Crippen LogP) is 3.69. The van der Waals surface area contributed by atoms with Crippen molar-refractivity contribution in [3.8, 4) is 5.75 Å². The summed E-state index contributed by atoms with van der Waals surface area (Å²) < 4.78 is 11.0. The SMILES string of the molecule is COc1ccc(CNC(=O)[C@H]2CCCN(c3nc(C)nc4oc(C)c(C)c34)C2)cc1. The summed E-state index contributed by atoms with van der Waals surface area (Å²) in [5, 5.41) is 4.04. The van der Waals surface area contributed by atoms with E-state index in [1.54, 1.807) is 7.11 Å². The highest BCUT2D eigenvalue weighted by molar-refractivity contribution is 5.90. The van der Waals surface area contributed by atoms with E-state index >= 15 is 0 Å². The first kappa shape index (κ1) is 20.2. The highest BCUT2D eigenvalue weighted by atomic mass is 16.5. The van der Waals surface area contributed by atoms with E-state index in [9.17, 15) is 4.79 Å². The number of nitrogens with one attached hydrogen (secondary N) is 1. The fourth-order valence-corrected chi connectivity index (χ4v) is 4.02. The van der Waals surface area contributed by atoms with Gasteiger partial charge in [-0.05, 0) is 51.3 Å². The second kappa shape index (κ2) is 8.34. The minimum Gasteiger partial charge on any atom is -0.497 e. The van der Waals surface area contributed by atoms with E-state index in [0.29, 0.717) is 24.6 Å². The van der Waals surface area contributed by atoms with Gasteiger partial charge >= 0.3 is 0 Å². The second-order valence-corrected chi connectivity index (χ2v) is 7.91. The van der Waals surface area contributed by atoms with E-state index in [-0.39, 0.29) is 11.8 Å². The lowest BCUT2D eigenvalue weighted by Crippen LogP contribution is -2.43. The van der Waals surface area contributed by atoms with Crippen LogP contribution in [0.4, 0.5) is 5.82 Å². The first-order valence-electron chi connectivity index (χ1n) is 10.4. The molecule has 0 spiro atoms. The molecule has 1 fully saturated rings. The average molecular weight is 409 g/mol. The normalized spacial score (nSPS) is 16.7. The molecule has 0 aliphatic carbocycles. The minimum absolute atomic E-state index is 0.0735. The Hall–Kier alpha value is -3.09. The van der Waals surface area contributed by atoms with Crippen LogP contribution in [-0.4, -0.2) is 36.1 Å². The van der Waals surface area contributed by atoms with Crippen LogP contribution in [-0.2, 0) is 11.3 Å². The third-order valence-electron chi connectivity index (χ3n) is 5.84. The smallest absolute Gasteiger partial charge is 0.231 e. The summed E-state index contributed by atoms with van der Waals surface area (Å²) in [4.78, 5) is 24.2. The van der Waals surface area contributed by atoms with E-state index in [4.69, 9.17) is 14.1 Å². The molecule has 1 aromatic carbocycles. The van der Waals surface area contributed by atoms with E-state index in [1.807, 2.05) is 45.0 Å². The fraction of sp³-hybridized carbons (Fsp3) is 0.435. The Morgan fingerprint density at radius 3 is 2.73 bits per heavy atom. The summed E-state index contributed by atoms with van der Waals surface area (Å²) in [5.74, 6) is 3.23. The molecule has 0 unspecified atom stereocenters. The molecule has 1 aliphatic heterocycles. The molecule has 158 valence electrons. The number of aromatic nitrogens is 2. The Balaban J connectivity index is 1.48. The summed E-state index contributed by atoms with van der Waals surface area (Å²) in [6.45, 7) is 7.88. The van der Waals surface area contributed by atoms with Crippen LogP contribution < -0.4 is 15.0 Å². The van der Waals surface area contributed by atoms with Gasteiger partial charge in [0.15, 0.2) is 0 Å². The van der Waals surface area contributed by atoms with Gasteiger partial charge in [0, 0.05) is 25.2 Å². The van der Waals surface area contributed by atoms with Gasteiger partial charge < -0.3 is 19.4 Å². The van der Waals surface area contributed by atoms with Crippen LogP contribution in [0, 0.1) is 26.7 Å². The van der Waals surface area contributed by atoms with Crippen LogP contribution in [0.1, 0.15) is 35.6 Å². The molecule has 1 atom stereocenters. The number of carbonyl (C=O) groups excluding carboxylic acids is 1. The highest BCUT2D eigenvalue weighted by Gasteiger charge is 2.29. The van der Waals surface area contributed by atoms with Gasteiger partial charge in [0.2, 0.25) is 11.6 Å². The maximum atomic E-state index is 12.9. The number of nitrogens with zero attached hydrogens (tertiary/aromatic N) is 3. The van der Waals surface area contributed by atoms with Crippen LogP contribution in [0.15, 0.2) is 28.7 Å². The van der Waals surface area contributed by atoms with Crippen molar-refractivity contribution in [2.24, 2.45) is 5.92 Å². The lowest BCUT2D eigenvalue weighted by molar-refractivity contribution is -0.125. The standard InChI is InChI=1S/C23H28N4O3/c1-14-15(2)30-23-20(14)21(25-16(3)26-23)27-11-5-6-18(13-27)22(28)24-12-17-7-9-19(29-4)10-8-17/h7-10,18H,5-6,11-13H2,1-4H3,(H,24,28)/t18-/m0/s1. The number of benzene rings is 1. The Morgan fingerprint density at radius 1 is 1.23 bits per heavy atom. The maximum Gasteiger partial charge on any atom is 0.231 e. The number of amides is 1. The Bertz CT molecular complexity index is 1060. The van der Waals surface area contributed by atoms with E-state index in [0.717, 1.165) is 53.2 Å². The van der Waals surface area contributed by atoms with Crippen molar-refractivity contribution in [2.75, 3.05) is 25.1 Å². The fourth-order valence-electron chi connectivity index (χ4n) is 4.02. The van der Waals surface area contributed by atoms with Gasteiger partial charge in [0.05, 0.1) is 18.4 Å². The van der Waals surface area contributed by atoms with Crippen molar-refractivity contribution in [1.82, 2.24) is 15.3 Å². The largest absolute Gasteiger partial charge is 0.497 e. The Morgan fingerprint density at radius 2 is 2.00 bits per heavy atom. The first-order chi connectivity index (χ1) is 14.5. The number of anilines is 1. The molecule has 1 saturated heterocycles. The van der Waals surface area contributed by atoms with Crippen molar-refractivity contribution in [3.05, 3.63) is 47.0 Å². The number of aryl methyl sites for hydroxylation is 3. The average Bonchev–Trinajstić information content (AvgIpc) is 3.05. The summed E-state index contributed by atoms with van der Waals surface area (Å²) in [7, 11) is 1.64. The molecule has 1 amide bonds. The quantitative estimate of drug-likeness (QED) is 0.694. The lowest BCUT2D eigenvalue weighted by Gasteiger charge is -2.33. The zero-order chi connectivity index (χ0) is 21.3. The van der Waals surface area contributed by atoms with Crippen molar-refractivity contribution in [3.63, 3.8) is 0 Å². The van der Waals surface area contributed by atoms with Gasteiger partial charge in [0.1, 0.15) is 23.2 Å². The monoisotopic (exact) mass is 408 g/mol. The molecule has 1 aliphatic rings. The van der Waals surface area contributed by atoms with Crippen LogP contribution >= 0.6 is 0 Å². The molecule has 0 bridgehead atoms. The topological polar surface area (TPSA) is 80.5 Å². The van der Waals surface area contributed by atoms with Crippen molar-refractivity contribution >= 4 is 22.8 Å². The third kappa shape index (κ3) is 3.97. The van der Waals surface area contributed by atoms with E-state index in [2.05, 4.69) is 15.2 Å². The van der Waals surface area contributed by atoms with Crippen LogP contribution in [0.25, 0.3) is 11.1 Å². The number of methoxy groups -OCH3 is 1. The molecule has 30 heavy (non-hydrogen) atoms. The molecule has 3 aromatic rings. The number of rotatable bonds is 5. The van der Waals surface area contributed by atoms with Crippen molar-refractivity contribution in [2.45, 2.75) is 40.2 Å². The van der Waals surface area contributed by atoms with Crippen LogP contribution in [0.2, 0.25) is 0 Å². The van der Waals surface area contributed by atoms with Crippen LogP contribution in [0.5, 0.6) is 5.75 Å². The zero-order valence-corrected chi connectivity index (χ0v) is 18.0. The number of furan rings is 1. The van der Waals surface area contributed by atoms with Gasteiger partial charge in [-0.25, -0.2) is 4.98 Å². The van der Waals surface area contributed by atoms with E-state index < -0.39 is 0 Å².